The number of rotatable bonds is 9. The third-order valence-corrected chi connectivity index (χ3v) is 3.27. The molecule has 1 unspecified atom stereocenters. The number of nitrogens with one attached hydrogen (secondary N) is 2. The summed E-state index contributed by atoms with van der Waals surface area (Å²) in [7, 11) is 0. The number of aryl methyl sites for hydroxylation is 1. The number of aliphatic carboxylic acids is 1. The van der Waals surface area contributed by atoms with Crippen molar-refractivity contribution in [3.05, 3.63) is 29.8 Å². The molecule has 0 radical (unpaired) electrons. The molecule has 3 N–H and O–H groups in total. The van der Waals surface area contributed by atoms with Crippen molar-refractivity contribution in [3.63, 3.8) is 0 Å². The molecule has 0 saturated heterocycles. The summed E-state index contributed by atoms with van der Waals surface area (Å²) in [5.74, 6) is 0.00970. The summed E-state index contributed by atoms with van der Waals surface area (Å²) in [6, 6.07) is 6.41. The summed E-state index contributed by atoms with van der Waals surface area (Å²) < 4.78 is 5.62. The normalized spacial score (nSPS) is 11.8. The third-order valence-electron chi connectivity index (χ3n) is 3.27. The highest BCUT2D eigenvalue weighted by Crippen LogP contribution is 2.15. The number of hydrogen-bond donors (Lipinski definition) is 3. The van der Waals surface area contributed by atoms with Crippen LogP contribution in [0.1, 0.15) is 32.3 Å². The van der Waals surface area contributed by atoms with Crippen LogP contribution in [0.25, 0.3) is 0 Å². The highest BCUT2D eigenvalue weighted by molar-refractivity contribution is 5.82. The first-order chi connectivity index (χ1) is 10.9. The van der Waals surface area contributed by atoms with Crippen LogP contribution in [-0.4, -0.2) is 36.3 Å². The lowest BCUT2D eigenvalue weighted by atomic mass is 10.0. The van der Waals surface area contributed by atoms with Crippen molar-refractivity contribution in [1.29, 1.82) is 0 Å². The van der Waals surface area contributed by atoms with E-state index in [4.69, 9.17) is 9.84 Å². The van der Waals surface area contributed by atoms with Crippen molar-refractivity contribution in [1.82, 2.24) is 10.6 Å². The molecule has 0 spiro atoms. The average molecular weight is 322 g/mol. The van der Waals surface area contributed by atoms with Crippen molar-refractivity contribution in [2.24, 2.45) is 5.92 Å². The summed E-state index contributed by atoms with van der Waals surface area (Å²) in [6.45, 7) is 6.71. The van der Waals surface area contributed by atoms with E-state index < -0.39 is 18.0 Å². The third kappa shape index (κ3) is 7.54. The molecule has 23 heavy (non-hydrogen) atoms. The minimum absolute atomic E-state index is 0.193. The number of carbonyl (C=O) groups is 2. The van der Waals surface area contributed by atoms with Crippen molar-refractivity contribution in [3.8, 4) is 5.75 Å². The van der Waals surface area contributed by atoms with E-state index in [0.717, 1.165) is 11.3 Å². The Morgan fingerprint density at radius 1 is 1.26 bits per heavy atom. The van der Waals surface area contributed by atoms with Crippen LogP contribution in [0.5, 0.6) is 5.75 Å². The van der Waals surface area contributed by atoms with Gasteiger partial charge >= 0.3 is 12.0 Å². The van der Waals surface area contributed by atoms with E-state index >= 15 is 0 Å². The maximum atomic E-state index is 11.7. The fourth-order valence-electron chi connectivity index (χ4n) is 2.08. The summed E-state index contributed by atoms with van der Waals surface area (Å²) >= 11 is 0. The summed E-state index contributed by atoms with van der Waals surface area (Å²) in [5, 5.41) is 14.2. The Bertz CT molecular complexity index is 517. The van der Waals surface area contributed by atoms with Gasteiger partial charge in [0.2, 0.25) is 0 Å². The lowest BCUT2D eigenvalue weighted by Crippen LogP contribution is -2.46. The van der Waals surface area contributed by atoms with E-state index in [2.05, 4.69) is 10.6 Å². The molecule has 1 atom stereocenters. The molecule has 2 amide bonds. The maximum absolute atomic E-state index is 11.7. The van der Waals surface area contributed by atoms with Gasteiger partial charge in [0.1, 0.15) is 11.8 Å². The molecule has 1 rings (SSSR count). The van der Waals surface area contributed by atoms with Gasteiger partial charge in [-0.05, 0) is 37.3 Å². The number of urea groups is 1. The highest BCUT2D eigenvalue weighted by atomic mass is 16.5. The zero-order chi connectivity index (χ0) is 17.2. The molecule has 1 aromatic carbocycles. The predicted octanol–water partition coefficient (Wildman–Crippen LogP) is 2.56. The first-order valence-electron chi connectivity index (χ1n) is 7.85. The molecule has 0 bridgehead atoms. The molecule has 0 saturated carbocycles. The zero-order valence-corrected chi connectivity index (χ0v) is 14.0. The Morgan fingerprint density at radius 3 is 2.57 bits per heavy atom. The molecule has 0 aliphatic heterocycles. The van der Waals surface area contributed by atoms with Crippen LogP contribution in [-0.2, 0) is 4.79 Å². The topological polar surface area (TPSA) is 87.7 Å². The van der Waals surface area contributed by atoms with Crippen molar-refractivity contribution >= 4 is 12.0 Å². The first kappa shape index (κ1) is 18.8. The lowest BCUT2D eigenvalue weighted by molar-refractivity contribution is -0.139. The van der Waals surface area contributed by atoms with Crippen molar-refractivity contribution in [2.75, 3.05) is 13.2 Å². The van der Waals surface area contributed by atoms with Crippen LogP contribution in [0.4, 0.5) is 4.79 Å². The summed E-state index contributed by atoms with van der Waals surface area (Å²) in [6.07, 6.45) is 1.04. The number of para-hydroxylation sites is 1. The maximum Gasteiger partial charge on any atom is 0.326 e. The SMILES string of the molecule is Cc1ccccc1OCCCNC(=O)NC(CC(C)C)C(=O)O. The summed E-state index contributed by atoms with van der Waals surface area (Å²) in [5.41, 5.74) is 1.07. The number of ether oxygens (including phenoxy) is 1. The minimum atomic E-state index is -1.02. The van der Waals surface area contributed by atoms with E-state index in [9.17, 15) is 9.59 Å². The highest BCUT2D eigenvalue weighted by Gasteiger charge is 2.20. The standard InChI is InChI=1S/C17H26N2O4/c1-12(2)11-14(16(20)21)19-17(22)18-9-6-10-23-15-8-5-4-7-13(15)3/h4-5,7-8,12,14H,6,9-11H2,1-3H3,(H,20,21)(H2,18,19,22). The van der Waals surface area contributed by atoms with Gasteiger partial charge in [-0.2, -0.15) is 0 Å². The van der Waals surface area contributed by atoms with Gasteiger partial charge in [0.15, 0.2) is 0 Å². The van der Waals surface area contributed by atoms with Crippen LogP contribution in [0.3, 0.4) is 0 Å². The molecular weight excluding hydrogens is 296 g/mol. The van der Waals surface area contributed by atoms with Crippen molar-refractivity contribution < 1.29 is 19.4 Å². The Balaban J connectivity index is 2.23. The van der Waals surface area contributed by atoms with Gasteiger partial charge < -0.3 is 20.5 Å². The Kier molecular flexibility index (Phi) is 7.94. The number of carbonyl (C=O) groups excluding carboxylic acids is 1. The molecule has 6 nitrogen and oxygen atoms in total. The monoisotopic (exact) mass is 322 g/mol. The molecule has 0 aromatic heterocycles. The fourth-order valence-corrected chi connectivity index (χ4v) is 2.08. The molecule has 0 aliphatic carbocycles. The average Bonchev–Trinajstić information content (AvgIpc) is 2.47. The van der Waals surface area contributed by atoms with Crippen LogP contribution < -0.4 is 15.4 Å². The van der Waals surface area contributed by atoms with E-state index in [1.807, 2.05) is 45.0 Å². The van der Waals surface area contributed by atoms with Gasteiger partial charge in [-0.25, -0.2) is 9.59 Å². The van der Waals surface area contributed by atoms with Crippen LogP contribution in [0.2, 0.25) is 0 Å². The molecule has 0 aliphatic rings. The van der Waals surface area contributed by atoms with Gasteiger partial charge in [0.05, 0.1) is 6.61 Å². The number of benzene rings is 1. The molecule has 0 heterocycles. The second kappa shape index (κ2) is 9.71. The number of carboxylic acids is 1. The zero-order valence-electron chi connectivity index (χ0n) is 14.0. The van der Waals surface area contributed by atoms with E-state index in [0.29, 0.717) is 26.0 Å². The largest absolute Gasteiger partial charge is 0.493 e. The minimum Gasteiger partial charge on any atom is -0.493 e. The number of hydrogen-bond acceptors (Lipinski definition) is 3. The fraction of sp³-hybridized carbons (Fsp3) is 0.529. The molecule has 0 fully saturated rings. The summed E-state index contributed by atoms with van der Waals surface area (Å²) in [4.78, 5) is 22.8. The molecular formula is C17H26N2O4. The van der Waals surface area contributed by atoms with Crippen LogP contribution in [0.15, 0.2) is 24.3 Å². The second-order valence-corrected chi connectivity index (χ2v) is 5.89. The van der Waals surface area contributed by atoms with Crippen LogP contribution in [0, 0.1) is 12.8 Å². The molecule has 6 heteroatoms. The second-order valence-electron chi connectivity index (χ2n) is 5.89. The lowest BCUT2D eigenvalue weighted by Gasteiger charge is -2.17. The Hall–Kier alpha value is -2.24. The van der Waals surface area contributed by atoms with E-state index in [1.54, 1.807) is 0 Å². The van der Waals surface area contributed by atoms with E-state index in [-0.39, 0.29) is 5.92 Å². The Labute approximate surface area is 137 Å². The smallest absolute Gasteiger partial charge is 0.326 e. The molecule has 128 valence electrons. The number of carboxylic acid groups (broad SMARTS) is 1. The van der Waals surface area contributed by atoms with Crippen LogP contribution >= 0.6 is 0 Å². The molecule has 1 aromatic rings. The van der Waals surface area contributed by atoms with Gasteiger partial charge in [-0.3, -0.25) is 0 Å². The quantitative estimate of drug-likeness (QED) is 0.610. The number of amides is 2. The van der Waals surface area contributed by atoms with Gasteiger partial charge in [0.25, 0.3) is 0 Å². The van der Waals surface area contributed by atoms with Gasteiger partial charge in [-0.1, -0.05) is 32.0 Å². The van der Waals surface area contributed by atoms with Crippen molar-refractivity contribution in [2.45, 2.75) is 39.7 Å². The van der Waals surface area contributed by atoms with E-state index in [1.165, 1.54) is 0 Å². The first-order valence-corrected chi connectivity index (χ1v) is 7.85. The predicted molar refractivity (Wildman–Crippen MR) is 88.7 cm³/mol. The van der Waals surface area contributed by atoms with Gasteiger partial charge in [-0.15, -0.1) is 0 Å². The van der Waals surface area contributed by atoms with Gasteiger partial charge in [0, 0.05) is 6.54 Å². The Morgan fingerprint density at radius 2 is 1.96 bits per heavy atom.